The molecule has 0 bridgehead atoms. The number of nitrogens with two attached hydrogens (primary N) is 2. The minimum Gasteiger partial charge on any atom is -0.497 e. The third-order valence-electron chi connectivity index (χ3n) is 3.25. The van der Waals surface area contributed by atoms with Crippen molar-refractivity contribution in [1.82, 2.24) is 0 Å². The van der Waals surface area contributed by atoms with Crippen LogP contribution in [0.2, 0.25) is 0 Å². The second-order valence-corrected chi connectivity index (χ2v) is 5.11. The molecule has 0 saturated heterocycles. The molecular formula is C20H26N4O. The summed E-state index contributed by atoms with van der Waals surface area (Å²) in [5, 5.41) is 0. The van der Waals surface area contributed by atoms with Crippen molar-refractivity contribution in [2.24, 2.45) is 21.5 Å². The summed E-state index contributed by atoms with van der Waals surface area (Å²) in [5.41, 5.74) is 14.3. The average Bonchev–Trinajstić information content (AvgIpc) is 2.63. The first-order chi connectivity index (χ1) is 12.0. The normalized spacial score (nSPS) is 14.0. The molecule has 0 heterocycles. The third-order valence-corrected chi connectivity index (χ3v) is 3.25. The number of nitrogens with zero attached hydrogens (tertiary/aromatic N) is 2. The van der Waals surface area contributed by atoms with Crippen LogP contribution < -0.4 is 16.2 Å². The molecule has 0 fully saturated rings. The number of hydrogen-bond donors (Lipinski definition) is 2. The van der Waals surface area contributed by atoms with Crippen LogP contribution in [0.5, 0.6) is 5.75 Å². The molecule has 4 N–H and O–H groups in total. The Morgan fingerprint density at radius 3 is 2.64 bits per heavy atom. The van der Waals surface area contributed by atoms with Crippen LogP contribution in [0.4, 0.5) is 0 Å². The Bertz CT molecular complexity index is 740. The van der Waals surface area contributed by atoms with Gasteiger partial charge in [-0.05, 0) is 49.4 Å². The zero-order chi connectivity index (χ0) is 18.7. The van der Waals surface area contributed by atoms with Gasteiger partial charge in [-0.25, -0.2) is 9.98 Å². The van der Waals surface area contributed by atoms with Gasteiger partial charge in [-0.15, -0.1) is 0 Å². The van der Waals surface area contributed by atoms with Crippen molar-refractivity contribution in [3.8, 4) is 5.75 Å². The fourth-order valence-corrected chi connectivity index (χ4v) is 2.07. The lowest BCUT2D eigenvalue weighted by molar-refractivity contribution is 0.414. The fraction of sp³-hybridized carbons (Fsp3) is 0.200. The zero-order valence-electron chi connectivity index (χ0n) is 15.1. The van der Waals surface area contributed by atoms with Gasteiger partial charge in [-0.2, -0.15) is 0 Å². The Labute approximate surface area is 149 Å². The maximum atomic E-state index is 5.97. The van der Waals surface area contributed by atoms with Gasteiger partial charge in [0.05, 0.1) is 12.8 Å². The van der Waals surface area contributed by atoms with E-state index in [1.807, 2.05) is 62.4 Å². The van der Waals surface area contributed by atoms with Gasteiger partial charge in [-0.3, -0.25) is 0 Å². The van der Waals surface area contributed by atoms with Gasteiger partial charge < -0.3 is 16.2 Å². The number of hydrogen-bond acceptors (Lipinski definition) is 4. The molecule has 0 aliphatic heterocycles. The highest BCUT2D eigenvalue weighted by Crippen LogP contribution is 2.21. The summed E-state index contributed by atoms with van der Waals surface area (Å²) in [7, 11) is 1.64. The molecule has 0 aliphatic carbocycles. The van der Waals surface area contributed by atoms with E-state index in [4.69, 9.17) is 16.2 Å². The van der Waals surface area contributed by atoms with E-state index in [1.54, 1.807) is 13.2 Å². The minimum absolute atomic E-state index is 0.291. The maximum Gasteiger partial charge on any atom is 0.176 e. The molecule has 0 aliphatic rings. The first kappa shape index (κ1) is 20.0. The Morgan fingerprint density at radius 2 is 2.04 bits per heavy atom. The molecule has 0 amide bonds. The van der Waals surface area contributed by atoms with E-state index in [0.717, 1.165) is 23.3 Å². The quantitative estimate of drug-likeness (QED) is 0.450. The van der Waals surface area contributed by atoms with Gasteiger partial charge in [0.1, 0.15) is 11.6 Å². The van der Waals surface area contributed by atoms with Gasteiger partial charge in [0.15, 0.2) is 5.84 Å². The molecule has 5 heteroatoms. The van der Waals surface area contributed by atoms with Crippen LogP contribution in [-0.4, -0.2) is 19.7 Å². The zero-order valence-corrected chi connectivity index (χ0v) is 15.1. The monoisotopic (exact) mass is 338 g/mol. The first-order valence-electron chi connectivity index (χ1n) is 8.01. The van der Waals surface area contributed by atoms with Crippen molar-refractivity contribution in [2.45, 2.75) is 20.3 Å². The molecule has 0 spiro atoms. The number of rotatable bonds is 7. The molecule has 1 aromatic rings. The van der Waals surface area contributed by atoms with Crippen molar-refractivity contribution in [2.75, 3.05) is 7.11 Å². The van der Waals surface area contributed by atoms with Crippen LogP contribution in [0.1, 0.15) is 25.8 Å². The highest BCUT2D eigenvalue weighted by molar-refractivity contribution is 6.00. The second-order valence-electron chi connectivity index (χ2n) is 5.11. The molecule has 5 nitrogen and oxygen atoms in total. The van der Waals surface area contributed by atoms with Crippen molar-refractivity contribution in [1.29, 1.82) is 0 Å². The van der Waals surface area contributed by atoms with E-state index >= 15 is 0 Å². The Hall–Kier alpha value is -3.08. The van der Waals surface area contributed by atoms with Crippen molar-refractivity contribution < 1.29 is 4.74 Å². The van der Waals surface area contributed by atoms with Crippen molar-refractivity contribution in [3.05, 3.63) is 71.7 Å². The van der Waals surface area contributed by atoms with E-state index in [1.165, 1.54) is 0 Å². The number of amidine groups is 1. The fourth-order valence-electron chi connectivity index (χ4n) is 2.07. The lowest BCUT2D eigenvalue weighted by atomic mass is 10.0. The third kappa shape index (κ3) is 6.51. The van der Waals surface area contributed by atoms with Gasteiger partial charge in [0, 0.05) is 0 Å². The van der Waals surface area contributed by atoms with Crippen LogP contribution in [0.3, 0.4) is 0 Å². The van der Waals surface area contributed by atoms with Crippen molar-refractivity contribution >= 4 is 18.1 Å². The highest BCUT2D eigenvalue weighted by Gasteiger charge is 2.01. The Morgan fingerprint density at radius 1 is 1.28 bits per heavy atom. The lowest BCUT2D eigenvalue weighted by Gasteiger charge is -2.05. The predicted octanol–water partition coefficient (Wildman–Crippen LogP) is 3.81. The van der Waals surface area contributed by atoms with Crippen molar-refractivity contribution in [3.63, 3.8) is 0 Å². The SMILES string of the molecule is C=NC(=N\C(N)=C\C=C(/C=C/C)c1cccc(OC)c1)/C(N)=C/CC. The second kappa shape index (κ2) is 10.6. The molecule has 1 aromatic carbocycles. The van der Waals surface area contributed by atoms with Crippen LogP contribution in [0, 0.1) is 0 Å². The van der Waals surface area contributed by atoms with Crippen LogP contribution in [0.15, 0.2) is 76.1 Å². The summed E-state index contributed by atoms with van der Waals surface area (Å²) in [4.78, 5) is 8.04. The number of allylic oxidation sites excluding steroid dienone is 6. The number of methoxy groups -OCH3 is 1. The summed E-state index contributed by atoms with van der Waals surface area (Å²) in [5.74, 6) is 1.40. The van der Waals surface area contributed by atoms with E-state index in [9.17, 15) is 0 Å². The van der Waals surface area contributed by atoms with Gasteiger partial charge in [-0.1, -0.05) is 43.4 Å². The topological polar surface area (TPSA) is 86.0 Å². The largest absolute Gasteiger partial charge is 0.497 e. The Balaban J connectivity index is 3.19. The summed E-state index contributed by atoms with van der Waals surface area (Å²) >= 11 is 0. The predicted molar refractivity (Wildman–Crippen MR) is 108 cm³/mol. The lowest BCUT2D eigenvalue weighted by Crippen LogP contribution is -2.10. The van der Waals surface area contributed by atoms with E-state index in [0.29, 0.717) is 17.4 Å². The summed E-state index contributed by atoms with van der Waals surface area (Å²) in [6.07, 6.45) is 10.1. The maximum absolute atomic E-state index is 5.97. The summed E-state index contributed by atoms with van der Waals surface area (Å²) < 4.78 is 5.27. The average molecular weight is 338 g/mol. The highest BCUT2D eigenvalue weighted by atomic mass is 16.5. The first-order valence-corrected chi connectivity index (χ1v) is 8.01. The molecular weight excluding hydrogens is 312 g/mol. The summed E-state index contributed by atoms with van der Waals surface area (Å²) in [6.45, 7) is 7.42. The number of benzene rings is 1. The Kier molecular flexibility index (Phi) is 8.50. The van der Waals surface area contributed by atoms with E-state index < -0.39 is 0 Å². The standard InChI is InChI=1S/C20H26N4O/c1-5-8-15(16-10-7-11-17(14-16)25-4)12-13-19(22)24-20(23-3)18(21)9-6-2/h5,7-14H,3,6,21-22H2,1-2,4H3/b8-5+,15-12+,18-9-,19-13+,24-20-. The number of ether oxygens (including phenoxy) is 1. The molecule has 25 heavy (non-hydrogen) atoms. The van der Waals surface area contributed by atoms with Crippen LogP contribution in [0.25, 0.3) is 5.57 Å². The van der Waals surface area contributed by atoms with Gasteiger partial charge in [0.25, 0.3) is 0 Å². The van der Waals surface area contributed by atoms with E-state index in [2.05, 4.69) is 16.7 Å². The minimum atomic E-state index is 0.291. The molecule has 0 atom stereocenters. The van der Waals surface area contributed by atoms with Gasteiger partial charge in [0.2, 0.25) is 0 Å². The molecule has 0 saturated carbocycles. The molecule has 0 aromatic heterocycles. The molecule has 1 rings (SSSR count). The van der Waals surface area contributed by atoms with Crippen LogP contribution in [-0.2, 0) is 0 Å². The molecule has 132 valence electrons. The van der Waals surface area contributed by atoms with E-state index in [-0.39, 0.29) is 0 Å². The van der Waals surface area contributed by atoms with Gasteiger partial charge >= 0.3 is 0 Å². The smallest absolute Gasteiger partial charge is 0.176 e. The number of aliphatic imine (C=N–C) groups is 2. The molecule has 0 unspecified atom stereocenters. The van der Waals surface area contributed by atoms with Crippen LogP contribution >= 0.6 is 0 Å². The summed E-state index contributed by atoms with van der Waals surface area (Å²) in [6, 6.07) is 7.79. The molecule has 0 radical (unpaired) electrons.